The standard InChI is InChI=1S/C12H20ClN3/c1-10(2)16(3)8-4-6-14-11-5-7-15-12(13)9-11/h5,7,9-10H,4,6,8H2,1-3H3,(H,14,15). The second-order valence-corrected chi connectivity index (χ2v) is 4.61. The highest BCUT2D eigenvalue weighted by Gasteiger charge is 2.01. The van der Waals surface area contributed by atoms with Gasteiger partial charge in [0.15, 0.2) is 0 Å². The van der Waals surface area contributed by atoms with Crippen molar-refractivity contribution in [1.82, 2.24) is 9.88 Å². The number of hydrogen-bond acceptors (Lipinski definition) is 3. The number of anilines is 1. The van der Waals surface area contributed by atoms with Crippen molar-refractivity contribution < 1.29 is 0 Å². The molecule has 1 aromatic heterocycles. The van der Waals surface area contributed by atoms with Crippen LogP contribution in [0.1, 0.15) is 20.3 Å². The highest BCUT2D eigenvalue weighted by molar-refractivity contribution is 6.29. The zero-order valence-electron chi connectivity index (χ0n) is 10.2. The van der Waals surface area contributed by atoms with E-state index in [1.165, 1.54) is 0 Å². The Balaban J connectivity index is 2.21. The normalized spacial score (nSPS) is 11.1. The van der Waals surface area contributed by atoms with Crippen molar-refractivity contribution >= 4 is 17.3 Å². The van der Waals surface area contributed by atoms with Gasteiger partial charge in [-0.05, 0) is 46.0 Å². The van der Waals surface area contributed by atoms with Gasteiger partial charge in [0.25, 0.3) is 0 Å². The second-order valence-electron chi connectivity index (χ2n) is 4.22. The first-order valence-electron chi connectivity index (χ1n) is 5.65. The Kier molecular flexibility index (Phi) is 5.56. The molecule has 0 aliphatic heterocycles. The summed E-state index contributed by atoms with van der Waals surface area (Å²) in [5, 5.41) is 3.86. The molecule has 0 unspecified atom stereocenters. The number of nitrogens with zero attached hydrogens (tertiary/aromatic N) is 2. The molecule has 1 N–H and O–H groups in total. The lowest BCUT2D eigenvalue weighted by atomic mass is 10.3. The van der Waals surface area contributed by atoms with Crippen LogP contribution in [-0.4, -0.2) is 36.1 Å². The first-order valence-corrected chi connectivity index (χ1v) is 6.03. The fourth-order valence-electron chi connectivity index (χ4n) is 1.33. The lowest BCUT2D eigenvalue weighted by Gasteiger charge is -2.20. The van der Waals surface area contributed by atoms with E-state index >= 15 is 0 Å². The minimum Gasteiger partial charge on any atom is -0.385 e. The molecule has 0 radical (unpaired) electrons. The maximum Gasteiger partial charge on any atom is 0.131 e. The van der Waals surface area contributed by atoms with Crippen molar-refractivity contribution in [1.29, 1.82) is 0 Å². The summed E-state index contributed by atoms with van der Waals surface area (Å²) in [4.78, 5) is 6.27. The molecule has 0 aromatic carbocycles. The van der Waals surface area contributed by atoms with E-state index in [1.54, 1.807) is 6.20 Å². The van der Waals surface area contributed by atoms with Crippen LogP contribution in [-0.2, 0) is 0 Å². The fraction of sp³-hybridized carbons (Fsp3) is 0.583. The molecule has 3 nitrogen and oxygen atoms in total. The number of pyridine rings is 1. The Morgan fingerprint density at radius 3 is 2.88 bits per heavy atom. The molecule has 0 aliphatic rings. The van der Waals surface area contributed by atoms with Crippen LogP contribution in [0, 0.1) is 0 Å². The van der Waals surface area contributed by atoms with E-state index in [-0.39, 0.29) is 0 Å². The van der Waals surface area contributed by atoms with Gasteiger partial charge in [-0.1, -0.05) is 11.6 Å². The highest BCUT2D eigenvalue weighted by atomic mass is 35.5. The summed E-state index contributed by atoms with van der Waals surface area (Å²) in [6.07, 6.45) is 2.83. The van der Waals surface area contributed by atoms with E-state index in [0.717, 1.165) is 25.2 Å². The van der Waals surface area contributed by atoms with Crippen LogP contribution in [0.25, 0.3) is 0 Å². The third kappa shape index (κ3) is 4.81. The maximum atomic E-state index is 5.79. The highest BCUT2D eigenvalue weighted by Crippen LogP contribution is 2.11. The van der Waals surface area contributed by atoms with E-state index in [4.69, 9.17) is 11.6 Å². The number of hydrogen-bond donors (Lipinski definition) is 1. The molecule has 0 aliphatic carbocycles. The average molecular weight is 242 g/mol. The summed E-state index contributed by atoms with van der Waals surface area (Å²) in [5.74, 6) is 0. The Morgan fingerprint density at radius 1 is 1.50 bits per heavy atom. The largest absolute Gasteiger partial charge is 0.385 e. The molecule has 0 fully saturated rings. The van der Waals surface area contributed by atoms with Crippen molar-refractivity contribution in [3.63, 3.8) is 0 Å². The summed E-state index contributed by atoms with van der Waals surface area (Å²) in [7, 11) is 2.15. The average Bonchev–Trinajstić information content (AvgIpc) is 2.24. The Morgan fingerprint density at radius 2 is 2.25 bits per heavy atom. The summed E-state index contributed by atoms with van der Waals surface area (Å²) in [6.45, 7) is 6.47. The Bertz CT molecular complexity index is 315. The fourth-order valence-corrected chi connectivity index (χ4v) is 1.51. The quantitative estimate of drug-likeness (QED) is 0.613. The first kappa shape index (κ1) is 13.3. The predicted molar refractivity (Wildman–Crippen MR) is 70.1 cm³/mol. The van der Waals surface area contributed by atoms with Gasteiger partial charge in [0.05, 0.1) is 0 Å². The number of aromatic nitrogens is 1. The monoisotopic (exact) mass is 241 g/mol. The van der Waals surface area contributed by atoms with Gasteiger partial charge in [-0.3, -0.25) is 0 Å². The van der Waals surface area contributed by atoms with E-state index in [9.17, 15) is 0 Å². The molecule has 4 heteroatoms. The topological polar surface area (TPSA) is 28.2 Å². The third-order valence-electron chi connectivity index (χ3n) is 2.62. The summed E-state index contributed by atoms with van der Waals surface area (Å²) in [5.41, 5.74) is 1.03. The number of halogens is 1. The van der Waals surface area contributed by atoms with E-state index in [0.29, 0.717) is 11.2 Å². The minimum absolute atomic E-state index is 0.532. The zero-order chi connectivity index (χ0) is 12.0. The molecule has 1 aromatic rings. The van der Waals surface area contributed by atoms with Gasteiger partial charge in [0.1, 0.15) is 5.15 Å². The molecule has 0 spiro atoms. The van der Waals surface area contributed by atoms with Crippen LogP contribution < -0.4 is 5.32 Å². The van der Waals surface area contributed by atoms with Gasteiger partial charge < -0.3 is 10.2 Å². The molecular weight excluding hydrogens is 222 g/mol. The van der Waals surface area contributed by atoms with Gasteiger partial charge >= 0.3 is 0 Å². The maximum absolute atomic E-state index is 5.79. The summed E-state index contributed by atoms with van der Waals surface area (Å²) < 4.78 is 0. The molecular formula is C12H20ClN3. The van der Waals surface area contributed by atoms with Crippen molar-refractivity contribution in [2.24, 2.45) is 0 Å². The molecule has 0 saturated carbocycles. The van der Waals surface area contributed by atoms with Crippen molar-refractivity contribution in [2.45, 2.75) is 26.3 Å². The van der Waals surface area contributed by atoms with Crippen LogP contribution in [0.3, 0.4) is 0 Å². The van der Waals surface area contributed by atoms with E-state index in [1.807, 2.05) is 12.1 Å². The van der Waals surface area contributed by atoms with Gasteiger partial charge in [-0.25, -0.2) is 4.98 Å². The second kappa shape index (κ2) is 6.71. The summed E-state index contributed by atoms with van der Waals surface area (Å²) >= 11 is 5.79. The molecule has 1 heterocycles. The molecule has 0 amide bonds. The molecule has 0 bridgehead atoms. The first-order chi connectivity index (χ1) is 7.59. The van der Waals surface area contributed by atoms with E-state index in [2.05, 4.69) is 36.1 Å². The van der Waals surface area contributed by atoms with E-state index < -0.39 is 0 Å². The number of nitrogens with one attached hydrogen (secondary N) is 1. The van der Waals surface area contributed by atoms with Crippen LogP contribution in [0.15, 0.2) is 18.3 Å². The number of rotatable bonds is 6. The Labute approximate surface area is 103 Å². The Hall–Kier alpha value is -0.800. The van der Waals surface area contributed by atoms with Gasteiger partial charge in [-0.2, -0.15) is 0 Å². The molecule has 1 rings (SSSR count). The van der Waals surface area contributed by atoms with Crippen molar-refractivity contribution in [2.75, 3.05) is 25.5 Å². The molecule has 0 atom stereocenters. The predicted octanol–water partition coefficient (Wildman–Crippen LogP) is 2.88. The van der Waals surface area contributed by atoms with Crippen molar-refractivity contribution in [3.05, 3.63) is 23.5 Å². The summed E-state index contributed by atoms with van der Waals surface area (Å²) in [6, 6.07) is 4.38. The lowest BCUT2D eigenvalue weighted by molar-refractivity contribution is 0.273. The minimum atomic E-state index is 0.532. The van der Waals surface area contributed by atoms with Crippen molar-refractivity contribution in [3.8, 4) is 0 Å². The van der Waals surface area contributed by atoms with Gasteiger partial charge in [-0.15, -0.1) is 0 Å². The molecule has 16 heavy (non-hydrogen) atoms. The molecule has 0 saturated heterocycles. The SMILES string of the molecule is CC(C)N(C)CCCNc1ccnc(Cl)c1. The van der Waals surface area contributed by atoms with Crippen LogP contribution in [0.4, 0.5) is 5.69 Å². The third-order valence-corrected chi connectivity index (χ3v) is 2.83. The van der Waals surface area contributed by atoms with Crippen LogP contribution >= 0.6 is 11.6 Å². The zero-order valence-corrected chi connectivity index (χ0v) is 11.0. The van der Waals surface area contributed by atoms with Crippen LogP contribution in [0.2, 0.25) is 5.15 Å². The van der Waals surface area contributed by atoms with Gasteiger partial charge in [0, 0.05) is 24.5 Å². The smallest absolute Gasteiger partial charge is 0.131 e. The van der Waals surface area contributed by atoms with Gasteiger partial charge in [0.2, 0.25) is 0 Å². The lowest BCUT2D eigenvalue weighted by Crippen LogP contribution is -2.28. The molecule has 90 valence electrons. The van der Waals surface area contributed by atoms with Crippen LogP contribution in [0.5, 0.6) is 0 Å².